The van der Waals surface area contributed by atoms with Crippen molar-refractivity contribution in [3.8, 4) is 0 Å². The first-order valence-electron chi connectivity index (χ1n) is 12.3. The molecule has 196 valence electrons. The summed E-state index contributed by atoms with van der Waals surface area (Å²) in [6.45, 7) is 10.8. The Hall–Kier alpha value is -3.72. The minimum Gasteiger partial charge on any atom is -0.395 e. The Kier molecular flexibility index (Phi) is 9.04. The maximum absolute atomic E-state index is 14.1. The summed E-state index contributed by atoms with van der Waals surface area (Å²) in [7, 11) is 0. The number of aryl methyl sites for hydroxylation is 1. The number of nitrogens with one attached hydrogen (secondary N) is 1. The fraction of sp³-hybridized carbons (Fsp3) is 0.357. The molecule has 0 bridgehead atoms. The van der Waals surface area contributed by atoms with Gasteiger partial charge in [-0.1, -0.05) is 69.7 Å². The minimum atomic E-state index is -0.983. The topological polar surface area (TPSA) is 131 Å². The highest BCUT2D eigenvalue weighted by atomic mass is 32.1. The number of benzene rings is 2. The molecule has 0 aliphatic carbocycles. The molecule has 3 rings (SSSR count). The van der Waals surface area contributed by atoms with E-state index in [1.165, 1.54) is 4.90 Å². The summed E-state index contributed by atoms with van der Waals surface area (Å²) in [6.07, 6.45) is 0.799. The number of carbonyl (C=O) groups excluding carboxylic acids is 3. The second-order valence-electron chi connectivity index (χ2n) is 9.85. The molecule has 3 aromatic rings. The van der Waals surface area contributed by atoms with Crippen LogP contribution in [-0.4, -0.2) is 28.6 Å². The number of aromatic nitrogens is 1. The molecular formula is C28H35N5O3S. The molecular weight excluding hydrogens is 486 g/mol. The van der Waals surface area contributed by atoms with E-state index in [0.717, 1.165) is 29.1 Å². The lowest BCUT2D eigenvalue weighted by atomic mass is 9.99. The minimum absolute atomic E-state index is 0.0498. The summed E-state index contributed by atoms with van der Waals surface area (Å²) in [6, 6.07) is 14.0. The van der Waals surface area contributed by atoms with Gasteiger partial charge in [-0.25, -0.2) is 0 Å². The molecule has 2 aromatic carbocycles. The number of hydrogen-bond donors (Lipinski definition) is 3. The van der Waals surface area contributed by atoms with Crippen molar-refractivity contribution in [2.24, 2.45) is 11.7 Å². The molecule has 0 saturated carbocycles. The zero-order valence-corrected chi connectivity index (χ0v) is 22.8. The molecule has 9 heteroatoms. The van der Waals surface area contributed by atoms with Crippen molar-refractivity contribution in [2.45, 2.75) is 53.0 Å². The van der Waals surface area contributed by atoms with E-state index >= 15 is 0 Å². The van der Waals surface area contributed by atoms with Gasteiger partial charge in [0.05, 0.1) is 5.69 Å². The molecule has 0 aliphatic heterocycles. The summed E-state index contributed by atoms with van der Waals surface area (Å²) in [4.78, 5) is 41.0. The van der Waals surface area contributed by atoms with Gasteiger partial charge in [0.25, 0.3) is 11.8 Å². The Morgan fingerprint density at radius 3 is 2.08 bits per heavy atom. The van der Waals surface area contributed by atoms with Gasteiger partial charge in [0.1, 0.15) is 10.9 Å². The third kappa shape index (κ3) is 6.54. The molecule has 5 N–H and O–H groups in total. The lowest BCUT2D eigenvalue weighted by molar-refractivity contribution is -0.122. The van der Waals surface area contributed by atoms with Crippen LogP contribution in [0.5, 0.6) is 0 Å². The number of primary amides is 1. The Morgan fingerprint density at radius 1 is 0.973 bits per heavy atom. The van der Waals surface area contributed by atoms with Crippen molar-refractivity contribution >= 4 is 40.6 Å². The number of amides is 3. The third-order valence-electron chi connectivity index (χ3n) is 6.13. The van der Waals surface area contributed by atoms with Crippen LogP contribution in [0.4, 0.5) is 11.4 Å². The summed E-state index contributed by atoms with van der Waals surface area (Å²) in [5.74, 6) is -0.972. The van der Waals surface area contributed by atoms with Gasteiger partial charge >= 0.3 is 0 Å². The van der Waals surface area contributed by atoms with Crippen molar-refractivity contribution in [1.29, 1.82) is 0 Å². The molecule has 0 fully saturated rings. The SMILES string of the molecule is Cc1ccc([C@H](C(=O)NCCC(C)C)N(C(=O)c2snc(C(N)=O)c2N)c2ccc(C(C)C)cc2)cc1. The van der Waals surface area contributed by atoms with Crippen LogP contribution in [0.1, 0.15) is 82.9 Å². The normalized spacial score (nSPS) is 12.0. The van der Waals surface area contributed by atoms with Crippen molar-refractivity contribution < 1.29 is 14.4 Å². The van der Waals surface area contributed by atoms with Gasteiger partial charge in [-0.15, -0.1) is 0 Å². The predicted octanol–water partition coefficient (Wildman–Crippen LogP) is 4.81. The summed E-state index contributed by atoms with van der Waals surface area (Å²) < 4.78 is 4.00. The first kappa shape index (κ1) is 27.9. The summed E-state index contributed by atoms with van der Waals surface area (Å²) in [5, 5.41) is 3.00. The van der Waals surface area contributed by atoms with Crippen LogP contribution in [0.25, 0.3) is 0 Å². The number of nitrogens with zero attached hydrogens (tertiary/aromatic N) is 2. The first-order chi connectivity index (χ1) is 17.5. The zero-order chi connectivity index (χ0) is 27.3. The second-order valence-corrected chi connectivity index (χ2v) is 10.6. The molecule has 0 unspecified atom stereocenters. The fourth-order valence-corrected chi connectivity index (χ4v) is 4.63. The Balaban J connectivity index is 2.16. The molecule has 0 saturated heterocycles. The lowest BCUT2D eigenvalue weighted by Gasteiger charge is -2.31. The predicted molar refractivity (Wildman–Crippen MR) is 149 cm³/mol. The van der Waals surface area contributed by atoms with E-state index in [4.69, 9.17) is 11.5 Å². The van der Waals surface area contributed by atoms with E-state index in [2.05, 4.69) is 37.4 Å². The number of nitrogen functional groups attached to an aromatic ring is 1. The van der Waals surface area contributed by atoms with Crippen LogP contribution >= 0.6 is 11.5 Å². The molecule has 0 spiro atoms. The van der Waals surface area contributed by atoms with Gasteiger partial charge in [0, 0.05) is 12.2 Å². The van der Waals surface area contributed by atoms with Crippen molar-refractivity contribution in [3.63, 3.8) is 0 Å². The lowest BCUT2D eigenvalue weighted by Crippen LogP contribution is -2.44. The van der Waals surface area contributed by atoms with E-state index in [-0.39, 0.29) is 22.2 Å². The van der Waals surface area contributed by atoms with E-state index in [0.29, 0.717) is 29.6 Å². The van der Waals surface area contributed by atoms with E-state index in [9.17, 15) is 14.4 Å². The standard InChI is InChI=1S/C28H35N5O3S/c1-16(2)14-15-31-27(35)24(20-8-6-18(5)7-9-20)33(21-12-10-19(11-13-21)17(3)4)28(36)25-22(29)23(26(30)34)32-37-25/h6-13,16-17,24H,14-15,29H2,1-5H3,(H2,30,34)(H,31,35)/t24-/m1/s1. The highest BCUT2D eigenvalue weighted by Gasteiger charge is 2.36. The quantitative estimate of drug-likeness (QED) is 0.352. The summed E-state index contributed by atoms with van der Waals surface area (Å²) in [5.41, 5.74) is 14.6. The average molecular weight is 522 g/mol. The monoisotopic (exact) mass is 521 g/mol. The van der Waals surface area contributed by atoms with Gasteiger partial charge < -0.3 is 16.8 Å². The van der Waals surface area contributed by atoms with Gasteiger partial charge in [0.2, 0.25) is 5.91 Å². The maximum atomic E-state index is 14.1. The zero-order valence-electron chi connectivity index (χ0n) is 21.9. The van der Waals surface area contributed by atoms with Crippen molar-refractivity contribution in [3.05, 3.63) is 75.8 Å². The average Bonchev–Trinajstić information content (AvgIpc) is 3.24. The summed E-state index contributed by atoms with van der Waals surface area (Å²) >= 11 is 0.793. The van der Waals surface area contributed by atoms with Crippen LogP contribution in [0.3, 0.4) is 0 Å². The van der Waals surface area contributed by atoms with Crippen molar-refractivity contribution in [1.82, 2.24) is 9.69 Å². The molecule has 1 heterocycles. The van der Waals surface area contributed by atoms with E-state index in [1.54, 1.807) is 0 Å². The van der Waals surface area contributed by atoms with Gasteiger partial charge in [0.15, 0.2) is 5.69 Å². The number of nitrogens with two attached hydrogens (primary N) is 2. The van der Waals surface area contributed by atoms with Crippen LogP contribution in [0.15, 0.2) is 48.5 Å². The molecule has 8 nitrogen and oxygen atoms in total. The number of carbonyl (C=O) groups is 3. The van der Waals surface area contributed by atoms with Crippen LogP contribution in [0, 0.1) is 12.8 Å². The van der Waals surface area contributed by atoms with E-state index < -0.39 is 17.9 Å². The van der Waals surface area contributed by atoms with Gasteiger partial charge in [-0.2, -0.15) is 4.37 Å². The first-order valence-corrected chi connectivity index (χ1v) is 13.1. The third-order valence-corrected chi connectivity index (χ3v) is 6.98. The second kappa shape index (κ2) is 12.0. The van der Waals surface area contributed by atoms with Crippen LogP contribution < -0.4 is 21.7 Å². The Bertz CT molecular complexity index is 1250. The van der Waals surface area contributed by atoms with E-state index in [1.807, 2.05) is 55.5 Å². The van der Waals surface area contributed by atoms with Crippen molar-refractivity contribution in [2.75, 3.05) is 17.2 Å². The molecule has 0 aliphatic rings. The fourth-order valence-electron chi connectivity index (χ4n) is 3.89. The highest BCUT2D eigenvalue weighted by molar-refractivity contribution is 7.09. The van der Waals surface area contributed by atoms with Gasteiger partial charge in [-0.05, 0) is 60.0 Å². The largest absolute Gasteiger partial charge is 0.395 e. The molecule has 0 radical (unpaired) electrons. The van der Waals surface area contributed by atoms with Gasteiger partial charge in [-0.3, -0.25) is 19.3 Å². The molecule has 37 heavy (non-hydrogen) atoms. The number of anilines is 2. The maximum Gasteiger partial charge on any atom is 0.273 e. The highest BCUT2D eigenvalue weighted by Crippen LogP contribution is 2.34. The molecule has 3 amide bonds. The number of hydrogen-bond acceptors (Lipinski definition) is 6. The van der Waals surface area contributed by atoms with Crippen LogP contribution in [-0.2, 0) is 4.79 Å². The number of rotatable bonds is 10. The molecule has 1 atom stereocenters. The smallest absolute Gasteiger partial charge is 0.273 e. The molecule has 1 aromatic heterocycles. The Labute approximate surface area is 222 Å². The Morgan fingerprint density at radius 2 is 1.57 bits per heavy atom. The van der Waals surface area contributed by atoms with Crippen LogP contribution in [0.2, 0.25) is 0 Å².